The molecule has 1 aromatic rings. The summed E-state index contributed by atoms with van der Waals surface area (Å²) in [6.07, 6.45) is 1.27. The van der Waals surface area contributed by atoms with Gasteiger partial charge in [-0.1, -0.05) is 57.5 Å². The van der Waals surface area contributed by atoms with Crippen molar-refractivity contribution in [1.82, 2.24) is 20.9 Å². The standard InChI is InChI=1S/C27H42N4O6/c1-4-9-22(24(32)26(34)28-12-8-13-31-14-16-36-17-15-31)29-25(33)23(18-20(2)3)30-27(35)37-19-21-10-6-5-7-11-21/h5-7,10-11,20,22-23H,4,8-9,12-19H2,1-3H3,(H,28,34)(H,29,33)(H,30,35). The zero-order valence-corrected chi connectivity index (χ0v) is 22.3. The summed E-state index contributed by atoms with van der Waals surface area (Å²) in [6, 6.07) is 7.36. The third kappa shape index (κ3) is 11.7. The van der Waals surface area contributed by atoms with E-state index in [0.717, 1.165) is 31.6 Å². The Morgan fingerprint density at radius 2 is 1.73 bits per heavy atom. The van der Waals surface area contributed by atoms with Gasteiger partial charge in [-0.15, -0.1) is 0 Å². The van der Waals surface area contributed by atoms with Crippen LogP contribution >= 0.6 is 0 Å². The fourth-order valence-corrected chi connectivity index (χ4v) is 4.01. The quantitative estimate of drug-likeness (QED) is 0.240. The third-order valence-corrected chi connectivity index (χ3v) is 6.00. The molecule has 1 saturated heterocycles. The number of nitrogens with one attached hydrogen (secondary N) is 3. The minimum atomic E-state index is -0.964. The summed E-state index contributed by atoms with van der Waals surface area (Å²) in [5, 5.41) is 7.96. The fraction of sp³-hybridized carbons (Fsp3) is 0.630. The number of ether oxygens (including phenoxy) is 2. The first-order valence-corrected chi connectivity index (χ1v) is 13.2. The van der Waals surface area contributed by atoms with E-state index >= 15 is 0 Å². The maximum absolute atomic E-state index is 13.1. The highest BCUT2D eigenvalue weighted by Crippen LogP contribution is 2.08. The van der Waals surface area contributed by atoms with Crippen molar-refractivity contribution in [3.63, 3.8) is 0 Å². The number of carbonyl (C=O) groups excluding carboxylic acids is 4. The van der Waals surface area contributed by atoms with Crippen LogP contribution in [0.4, 0.5) is 4.79 Å². The monoisotopic (exact) mass is 518 g/mol. The van der Waals surface area contributed by atoms with Crippen molar-refractivity contribution >= 4 is 23.7 Å². The number of carbonyl (C=O) groups is 4. The predicted molar refractivity (Wildman–Crippen MR) is 140 cm³/mol. The molecule has 2 atom stereocenters. The van der Waals surface area contributed by atoms with Crippen LogP contribution in [-0.2, 0) is 30.5 Å². The molecule has 1 aliphatic heterocycles. The highest BCUT2D eigenvalue weighted by atomic mass is 16.5. The lowest BCUT2D eigenvalue weighted by Gasteiger charge is -2.26. The van der Waals surface area contributed by atoms with Crippen molar-refractivity contribution in [3.05, 3.63) is 35.9 Å². The molecule has 3 N–H and O–H groups in total. The van der Waals surface area contributed by atoms with Crippen molar-refractivity contribution < 1.29 is 28.7 Å². The van der Waals surface area contributed by atoms with Gasteiger partial charge in [0.2, 0.25) is 11.7 Å². The topological polar surface area (TPSA) is 126 Å². The molecule has 10 heteroatoms. The number of benzene rings is 1. The molecule has 1 fully saturated rings. The second kappa shape index (κ2) is 16.7. The molecule has 0 bridgehead atoms. The number of hydrogen-bond acceptors (Lipinski definition) is 7. The molecule has 0 saturated carbocycles. The van der Waals surface area contributed by atoms with Crippen LogP contribution in [0.1, 0.15) is 52.0 Å². The van der Waals surface area contributed by atoms with Crippen LogP contribution in [0, 0.1) is 5.92 Å². The Morgan fingerprint density at radius 3 is 2.38 bits per heavy atom. The van der Waals surface area contributed by atoms with Gasteiger partial charge in [0.15, 0.2) is 0 Å². The SMILES string of the molecule is CCCC(NC(=O)C(CC(C)C)NC(=O)OCc1ccccc1)C(=O)C(=O)NCCCN1CCOCC1. The Hall–Kier alpha value is -2.98. The summed E-state index contributed by atoms with van der Waals surface area (Å²) in [5.41, 5.74) is 0.826. The molecule has 3 amide bonds. The Balaban J connectivity index is 1.87. The summed E-state index contributed by atoms with van der Waals surface area (Å²) in [6.45, 7) is 10.1. The molecule has 206 valence electrons. The molecule has 2 unspecified atom stereocenters. The van der Waals surface area contributed by atoms with E-state index in [1.165, 1.54) is 0 Å². The number of ketones is 1. The van der Waals surface area contributed by atoms with Crippen molar-refractivity contribution in [2.75, 3.05) is 39.4 Å². The van der Waals surface area contributed by atoms with Crippen LogP contribution in [0.25, 0.3) is 0 Å². The maximum Gasteiger partial charge on any atom is 0.408 e. The average molecular weight is 519 g/mol. The minimum absolute atomic E-state index is 0.0747. The summed E-state index contributed by atoms with van der Waals surface area (Å²) >= 11 is 0. The minimum Gasteiger partial charge on any atom is -0.445 e. The lowest BCUT2D eigenvalue weighted by molar-refractivity contribution is -0.140. The van der Waals surface area contributed by atoms with E-state index in [2.05, 4.69) is 20.9 Å². The van der Waals surface area contributed by atoms with Gasteiger partial charge in [-0.25, -0.2) is 4.79 Å². The van der Waals surface area contributed by atoms with Crippen molar-refractivity contribution in [3.8, 4) is 0 Å². The first kappa shape index (κ1) is 30.2. The van der Waals surface area contributed by atoms with Gasteiger partial charge in [0, 0.05) is 19.6 Å². The summed E-state index contributed by atoms with van der Waals surface area (Å²) in [7, 11) is 0. The van der Waals surface area contributed by atoms with E-state index in [9.17, 15) is 19.2 Å². The van der Waals surface area contributed by atoms with Crippen LogP contribution in [0.15, 0.2) is 30.3 Å². The van der Waals surface area contributed by atoms with Gasteiger partial charge >= 0.3 is 6.09 Å². The van der Waals surface area contributed by atoms with Crippen LogP contribution in [0.3, 0.4) is 0 Å². The normalized spacial score (nSPS) is 15.5. The molecule has 1 aromatic carbocycles. The lowest BCUT2D eigenvalue weighted by atomic mass is 10.0. The summed E-state index contributed by atoms with van der Waals surface area (Å²) in [5.74, 6) is -1.81. The van der Waals surface area contributed by atoms with Crippen molar-refractivity contribution in [1.29, 1.82) is 0 Å². The number of alkyl carbamates (subject to hydrolysis) is 1. The lowest BCUT2D eigenvalue weighted by Crippen LogP contribution is -2.54. The van der Waals surface area contributed by atoms with Gasteiger partial charge in [0.1, 0.15) is 12.6 Å². The van der Waals surface area contributed by atoms with E-state index in [1.807, 2.05) is 51.1 Å². The molecular formula is C27H42N4O6. The van der Waals surface area contributed by atoms with Gasteiger partial charge in [0.05, 0.1) is 19.3 Å². The molecule has 1 aliphatic rings. The summed E-state index contributed by atoms with van der Waals surface area (Å²) in [4.78, 5) is 53.0. The molecule has 0 radical (unpaired) electrons. The first-order chi connectivity index (χ1) is 17.8. The Bertz CT molecular complexity index is 858. The molecule has 0 spiro atoms. The molecule has 1 heterocycles. The van der Waals surface area contributed by atoms with E-state index in [-0.39, 0.29) is 12.5 Å². The van der Waals surface area contributed by atoms with E-state index in [4.69, 9.17) is 9.47 Å². The van der Waals surface area contributed by atoms with E-state index in [1.54, 1.807) is 0 Å². The van der Waals surface area contributed by atoms with Crippen LogP contribution in [-0.4, -0.2) is 80.1 Å². The zero-order valence-electron chi connectivity index (χ0n) is 22.3. The smallest absolute Gasteiger partial charge is 0.408 e. The number of hydrogen-bond donors (Lipinski definition) is 3. The highest BCUT2D eigenvalue weighted by Gasteiger charge is 2.30. The van der Waals surface area contributed by atoms with Crippen LogP contribution in [0.5, 0.6) is 0 Å². The largest absolute Gasteiger partial charge is 0.445 e. The van der Waals surface area contributed by atoms with Crippen LogP contribution < -0.4 is 16.0 Å². The molecular weight excluding hydrogens is 476 g/mol. The molecule has 0 aliphatic carbocycles. The second-order valence-electron chi connectivity index (χ2n) is 9.67. The molecule has 2 rings (SSSR count). The first-order valence-electron chi connectivity index (χ1n) is 13.2. The third-order valence-electron chi connectivity index (χ3n) is 6.00. The zero-order chi connectivity index (χ0) is 27.0. The van der Waals surface area contributed by atoms with Crippen LogP contribution in [0.2, 0.25) is 0 Å². The van der Waals surface area contributed by atoms with E-state index < -0.39 is 35.8 Å². The van der Waals surface area contributed by atoms with Crippen molar-refractivity contribution in [2.24, 2.45) is 5.92 Å². The molecule has 10 nitrogen and oxygen atoms in total. The number of nitrogens with zero attached hydrogens (tertiary/aromatic N) is 1. The Morgan fingerprint density at radius 1 is 1.03 bits per heavy atom. The number of morpholine rings is 1. The second-order valence-corrected chi connectivity index (χ2v) is 9.67. The van der Waals surface area contributed by atoms with Gasteiger partial charge in [-0.3, -0.25) is 19.3 Å². The van der Waals surface area contributed by atoms with Gasteiger partial charge in [-0.05, 0) is 37.3 Å². The maximum atomic E-state index is 13.1. The number of amides is 3. The van der Waals surface area contributed by atoms with Gasteiger partial charge < -0.3 is 25.4 Å². The predicted octanol–water partition coefficient (Wildman–Crippen LogP) is 2.02. The number of Topliss-reactive ketones (excluding diaryl/α,β-unsaturated/α-hetero) is 1. The Labute approximate surface area is 219 Å². The van der Waals surface area contributed by atoms with Crippen molar-refractivity contribution in [2.45, 2.75) is 65.1 Å². The van der Waals surface area contributed by atoms with E-state index in [0.29, 0.717) is 39.0 Å². The summed E-state index contributed by atoms with van der Waals surface area (Å²) < 4.78 is 10.6. The van der Waals surface area contributed by atoms with Gasteiger partial charge in [0.25, 0.3) is 5.91 Å². The van der Waals surface area contributed by atoms with Gasteiger partial charge in [-0.2, -0.15) is 0 Å². The average Bonchev–Trinajstić information content (AvgIpc) is 2.89. The highest BCUT2D eigenvalue weighted by molar-refractivity contribution is 6.38. The number of rotatable bonds is 15. The fourth-order valence-electron chi connectivity index (χ4n) is 4.01. The Kier molecular flexibility index (Phi) is 13.7. The molecule has 0 aromatic heterocycles. The molecule has 37 heavy (non-hydrogen) atoms.